The lowest BCUT2D eigenvalue weighted by molar-refractivity contribution is 0.470. The molecule has 20 heavy (non-hydrogen) atoms. The van der Waals surface area contributed by atoms with Gasteiger partial charge in [0.25, 0.3) is 0 Å². The van der Waals surface area contributed by atoms with Crippen LogP contribution < -0.4 is 10.6 Å². The Balaban J connectivity index is 2.08. The molecule has 4 nitrogen and oxygen atoms in total. The van der Waals surface area contributed by atoms with Crippen LogP contribution in [0.1, 0.15) is 70.5 Å². The van der Waals surface area contributed by atoms with E-state index in [4.69, 9.17) is 0 Å². The van der Waals surface area contributed by atoms with Crippen molar-refractivity contribution < 1.29 is 0 Å². The molecule has 0 amide bonds. The van der Waals surface area contributed by atoms with Gasteiger partial charge in [-0.25, -0.2) is 9.97 Å². The Bertz CT molecular complexity index is 409. The summed E-state index contributed by atoms with van der Waals surface area (Å²) in [5, 5.41) is 6.76. The van der Waals surface area contributed by atoms with Gasteiger partial charge in [-0.15, -0.1) is 0 Å². The van der Waals surface area contributed by atoms with E-state index < -0.39 is 0 Å². The third-order valence-corrected chi connectivity index (χ3v) is 3.97. The van der Waals surface area contributed by atoms with Crippen LogP contribution in [0.15, 0.2) is 6.07 Å². The van der Waals surface area contributed by atoms with Gasteiger partial charge in [0.2, 0.25) is 0 Å². The molecule has 0 radical (unpaired) electrons. The summed E-state index contributed by atoms with van der Waals surface area (Å²) in [4.78, 5) is 9.18. The van der Waals surface area contributed by atoms with Gasteiger partial charge in [-0.3, -0.25) is 0 Å². The molecular formula is C16H28N4. The van der Waals surface area contributed by atoms with Crippen molar-refractivity contribution in [3.05, 3.63) is 11.9 Å². The molecule has 1 aliphatic carbocycles. The summed E-state index contributed by atoms with van der Waals surface area (Å²) in [5.41, 5.74) is 0. The fraction of sp³-hybridized carbons (Fsp3) is 0.750. The van der Waals surface area contributed by atoms with E-state index in [0.29, 0.717) is 12.0 Å². The predicted molar refractivity (Wildman–Crippen MR) is 85.4 cm³/mol. The average molecular weight is 276 g/mol. The molecule has 1 aromatic rings. The smallest absolute Gasteiger partial charge is 0.135 e. The van der Waals surface area contributed by atoms with Gasteiger partial charge in [0.15, 0.2) is 0 Å². The number of hydrogen-bond donors (Lipinski definition) is 2. The number of rotatable bonds is 4. The number of nitrogens with zero attached hydrogens (tertiary/aromatic N) is 2. The summed E-state index contributed by atoms with van der Waals surface area (Å²) in [5.74, 6) is 3.13. The van der Waals surface area contributed by atoms with E-state index in [2.05, 4.69) is 34.4 Å². The minimum Gasteiger partial charge on any atom is -0.373 e. The van der Waals surface area contributed by atoms with Gasteiger partial charge in [0, 0.05) is 25.1 Å². The largest absolute Gasteiger partial charge is 0.373 e. The normalized spacial score (nSPS) is 17.6. The van der Waals surface area contributed by atoms with Gasteiger partial charge in [-0.2, -0.15) is 0 Å². The third kappa shape index (κ3) is 4.36. The second-order valence-electron chi connectivity index (χ2n) is 6.09. The fourth-order valence-corrected chi connectivity index (χ4v) is 2.74. The highest BCUT2D eigenvalue weighted by molar-refractivity contribution is 5.48. The molecule has 2 N–H and O–H groups in total. The van der Waals surface area contributed by atoms with Crippen molar-refractivity contribution in [2.45, 2.75) is 70.8 Å². The Labute approximate surface area is 122 Å². The predicted octanol–water partition coefficient (Wildman–Crippen LogP) is 4.17. The van der Waals surface area contributed by atoms with Crippen LogP contribution in [0.2, 0.25) is 0 Å². The van der Waals surface area contributed by atoms with Gasteiger partial charge >= 0.3 is 0 Å². The van der Waals surface area contributed by atoms with Crippen LogP contribution in [0.25, 0.3) is 0 Å². The lowest BCUT2D eigenvalue weighted by Crippen LogP contribution is -2.22. The van der Waals surface area contributed by atoms with Crippen molar-refractivity contribution in [2.24, 2.45) is 0 Å². The summed E-state index contributed by atoms with van der Waals surface area (Å²) >= 11 is 0. The number of anilines is 2. The van der Waals surface area contributed by atoms with Crippen LogP contribution >= 0.6 is 0 Å². The number of aromatic nitrogens is 2. The van der Waals surface area contributed by atoms with Crippen LogP contribution in [0.3, 0.4) is 0 Å². The Morgan fingerprint density at radius 1 is 1.00 bits per heavy atom. The SMILES string of the molecule is CNc1cc(NC2CCCCCCC2)nc(C(C)C)n1. The molecule has 0 bridgehead atoms. The van der Waals surface area contributed by atoms with E-state index in [-0.39, 0.29) is 0 Å². The van der Waals surface area contributed by atoms with Crippen molar-refractivity contribution in [3.8, 4) is 0 Å². The van der Waals surface area contributed by atoms with Crippen molar-refractivity contribution in [1.29, 1.82) is 0 Å². The van der Waals surface area contributed by atoms with Gasteiger partial charge < -0.3 is 10.6 Å². The van der Waals surface area contributed by atoms with E-state index >= 15 is 0 Å². The first kappa shape index (κ1) is 15.1. The molecule has 0 unspecified atom stereocenters. The lowest BCUT2D eigenvalue weighted by atomic mass is 9.97. The van der Waals surface area contributed by atoms with E-state index in [9.17, 15) is 0 Å². The van der Waals surface area contributed by atoms with Crippen molar-refractivity contribution in [3.63, 3.8) is 0 Å². The molecule has 1 fully saturated rings. The molecule has 0 saturated heterocycles. The molecule has 0 aromatic carbocycles. The Morgan fingerprint density at radius 2 is 1.60 bits per heavy atom. The van der Waals surface area contributed by atoms with Crippen molar-refractivity contribution >= 4 is 11.6 Å². The van der Waals surface area contributed by atoms with Crippen LogP contribution in [-0.4, -0.2) is 23.1 Å². The van der Waals surface area contributed by atoms with E-state index in [1.54, 1.807) is 0 Å². The second-order valence-corrected chi connectivity index (χ2v) is 6.09. The van der Waals surface area contributed by atoms with E-state index in [0.717, 1.165) is 17.5 Å². The first-order chi connectivity index (χ1) is 9.69. The summed E-state index contributed by atoms with van der Waals surface area (Å²) in [6.45, 7) is 4.27. The Kier molecular flexibility index (Phi) is 5.62. The lowest BCUT2D eigenvalue weighted by Gasteiger charge is -2.22. The summed E-state index contributed by atoms with van der Waals surface area (Å²) in [6.07, 6.45) is 9.34. The maximum atomic E-state index is 4.67. The monoisotopic (exact) mass is 276 g/mol. The molecule has 1 aliphatic rings. The minimum absolute atomic E-state index is 0.348. The fourth-order valence-electron chi connectivity index (χ4n) is 2.74. The van der Waals surface area contributed by atoms with Crippen LogP contribution in [0.5, 0.6) is 0 Å². The zero-order valence-corrected chi connectivity index (χ0v) is 13.1. The molecule has 112 valence electrons. The summed E-state index contributed by atoms with van der Waals surface area (Å²) < 4.78 is 0. The molecule has 0 aliphatic heterocycles. The molecule has 1 aromatic heterocycles. The highest BCUT2D eigenvalue weighted by Gasteiger charge is 2.13. The first-order valence-corrected chi connectivity index (χ1v) is 8.02. The molecule has 1 saturated carbocycles. The standard InChI is InChI=1S/C16H28N4/c1-12(2)16-19-14(17-3)11-15(20-16)18-13-9-7-5-4-6-8-10-13/h11-13H,4-10H2,1-3H3,(H2,17,18,19,20). The van der Waals surface area contributed by atoms with Crippen LogP contribution in [-0.2, 0) is 0 Å². The zero-order chi connectivity index (χ0) is 14.4. The molecular weight excluding hydrogens is 248 g/mol. The van der Waals surface area contributed by atoms with Crippen molar-refractivity contribution in [2.75, 3.05) is 17.7 Å². The first-order valence-electron chi connectivity index (χ1n) is 8.02. The van der Waals surface area contributed by atoms with Gasteiger partial charge in [0.1, 0.15) is 17.5 Å². The molecule has 2 rings (SSSR count). The highest BCUT2D eigenvalue weighted by Crippen LogP contribution is 2.22. The maximum Gasteiger partial charge on any atom is 0.135 e. The Morgan fingerprint density at radius 3 is 2.20 bits per heavy atom. The number of nitrogens with one attached hydrogen (secondary N) is 2. The van der Waals surface area contributed by atoms with E-state index in [1.165, 1.54) is 44.9 Å². The zero-order valence-electron chi connectivity index (χ0n) is 13.1. The molecule has 0 atom stereocenters. The highest BCUT2D eigenvalue weighted by atomic mass is 15.1. The van der Waals surface area contributed by atoms with E-state index in [1.807, 2.05) is 13.1 Å². The summed E-state index contributed by atoms with van der Waals surface area (Å²) in [7, 11) is 1.91. The third-order valence-electron chi connectivity index (χ3n) is 3.97. The van der Waals surface area contributed by atoms with Gasteiger partial charge in [-0.1, -0.05) is 46.0 Å². The van der Waals surface area contributed by atoms with Gasteiger partial charge in [0.05, 0.1) is 0 Å². The molecule has 1 heterocycles. The topological polar surface area (TPSA) is 49.8 Å². The molecule has 0 spiro atoms. The number of hydrogen-bond acceptors (Lipinski definition) is 4. The summed E-state index contributed by atoms with van der Waals surface area (Å²) in [6, 6.07) is 2.58. The van der Waals surface area contributed by atoms with Crippen LogP contribution in [0.4, 0.5) is 11.6 Å². The Hall–Kier alpha value is -1.32. The second kappa shape index (κ2) is 7.46. The van der Waals surface area contributed by atoms with Gasteiger partial charge in [-0.05, 0) is 12.8 Å². The minimum atomic E-state index is 0.348. The molecule has 4 heteroatoms. The van der Waals surface area contributed by atoms with Crippen LogP contribution in [0, 0.1) is 0 Å². The average Bonchev–Trinajstić information content (AvgIpc) is 2.41. The van der Waals surface area contributed by atoms with Crippen molar-refractivity contribution in [1.82, 2.24) is 9.97 Å². The maximum absolute atomic E-state index is 4.67. The quantitative estimate of drug-likeness (QED) is 0.866.